The molecular formula is C15H30N2. The second-order valence-corrected chi connectivity index (χ2v) is 6.92. The SMILES string of the molecule is CNC1(C)CCN(C2CC(C)CC(C)C2)CC1. The Labute approximate surface area is 107 Å². The van der Waals surface area contributed by atoms with E-state index in [1.54, 1.807) is 0 Å². The molecule has 1 saturated carbocycles. The zero-order valence-electron chi connectivity index (χ0n) is 12.1. The fraction of sp³-hybridized carbons (Fsp3) is 1.00. The molecule has 1 aliphatic carbocycles. The highest BCUT2D eigenvalue weighted by Crippen LogP contribution is 2.33. The normalized spacial score (nSPS) is 39.2. The van der Waals surface area contributed by atoms with Crippen LogP contribution in [-0.2, 0) is 0 Å². The molecule has 0 aromatic carbocycles. The van der Waals surface area contributed by atoms with Crippen molar-refractivity contribution in [3.05, 3.63) is 0 Å². The van der Waals surface area contributed by atoms with Crippen LogP contribution in [0.4, 0.5) is 0 Å². The van der Waals surface area contributed by atoms with E-state index >= 15 is 0 Å². The van der Waals surface area contributed by atoms with Crippen molar-refractivity contribution in [1.29, 1.82) is 0 Å². The molecule has 100 valence electrons. The van der Waals surface area contributed by atoms with Gasteiger partial charge in [0.2, 0.25) is 0 Å². The number of likely N-dealkylation sites (tertiary alicyclic amines) is 1. The van der Waals surface area contributed by atoms with Gasteiger partial charge in [0, 0.05) is 24.7 Å². The lowest BCUT2D eigenvalue weighted by atomic mass is 9.78. The molecule has 1 aliphatic heterocycles. The summed E-state index contributed by atoms with van der Waals surface area (Å²) in [7, 11) is 2.11. The van der Waals surface area contributed by atoms with Gasteiger partial charge in [0.25, 0.3) is 0 Å². The topological polar surface area (TPSA) is 15.3 Å². The maximum Gasteiger partial charge on any atom is 0.0174 e. The zero-order chi connectivity index (χ0) is 12.5. The Morgan fingerprint density at radius 2 is 1.53 bits per heavy atom. The molecular weight excluding hydrogens is 208 g/mol. The van der Waals surface area contributed by atoms with Crippen LogP contribution in [0, 0.1) is 11.8 Å². The summed E-state index contributed by atoms with van der Waals surface area (Å²) in [4.78, 5) is 2.77. The van der Waals surface area contributed by atoms with Crippen LogP contribution in [0.5, 0.6) is 0 Å². The summed E-state index contributed by atoms with van der Waals surface area (Å²) < 4.78 is 0. The highest BCUT2D eigenvalue weighted by molar-refractivity contribution is 4.92. The molecule has 1 heterocycles. The van der Waals surface area contributed by atoms with Crippen molar-refractivity contribution >= 4 is 0 Å². The molecule has 2 aliphatic rings. The first-order chi connectivity index (χ1) is 8.02. The van der Waals surface area contributed by atoms with Crippen molar-refractivity contribution in [2.24, 2.45) is 11.8 Å². The second kappa shape index (κ2) is 5.27. The van der Waals surface area contributed by atoms with Gasteiger partial charge in [0.05, 0.1) is 0 Å². The third-order valence-electron chi connectivity index (χ3n) is 5.18. The molecule has 0 amide bonds. The van der Waals surface area contributed by atoms with E-state index in [0.29, 0.717) is 5.54 Å². The van der Waals surface area contributed by atoms with Crippen molar-refractivity contribution < 1.29 is 0 Å². The Bertz CT molecular complexity index is 233. The van der Waals surface area contributed by atoms with Crippen molar-refractivity contribution in [1.82, 2.24) is 10.2 Å². The molecule has 2 fully saturated rings. The lowest BCUT2D eigenvalue weighted by Crippen LogP contribution is -2.53. The van der Waals surface area contributed by atoms with E-state index in [1.165, 1.54) is 45.2 Å². The van der Waals surface area contributed by atoms with E-state index in [9.17, 15) is 0 Å². The summed E-state index contributed by atoms with van der Waals surface area (Å²) in [6, 6.07) is 0.871. The van der Waals surface area contributed by atoms with E-state index in [0.717, 1.165) is 17.9 Å². The van der Waals surface area contributed by atoms with Crippen molar-refractivity contribution in [3.63, 3.8) is 0 Å². The van der Waals surface area contributed by atoms with Crippen LogP contribution in [0.2, 0.25) is 0 Å². The molecule has 1 N–H and O–H groups in total. The van der Waals surface area contributed by atoms with Gasteiger partial charge < -0.3 is 10.2 Å². The minimum atomic E-state index is 0.391. The molecule has 2 atom stereocenters. The molecule has 2 heteroatoms. The molecule has 17 heavy (non-hydrogen) atoms. The van der Waals surface area contributed by atoms with Crippen LogP contribution in [0.3, 0.4) is 0 Å². The van der Waals surface area contributed by atoms with Gasteiger partial charge in [0.1, 0.15) is 0 Å². The van der Waals surface area contributed by atoms with Gasteiger partial charge in [0.15, 0.2) is 0 Å². The predicted octanol–water partition coefficient (Wildman–Crippen LogP) is 2.89. The van der Waals surface area contributed by atoms with Gasteiger partial charge in [-0.1, -0.05) is 13.8 Å². The highest BCUT2D eigenvalue weighted by Gasteiger charge is 2.34. The number of rotatable bonds is 2. The molecule has 1 saturated heterocycles. The van der Waals surface area contributed by atoms with E-state index in [1.807, 2.05) is 0 Å². The highest BCUT2D eigenvalue weighted by atomic mass is 15.2. The Morgan fingerprint density at radius 1 is 1.00 bits per heavy atom. The summed E-state index contributed by atoms with van der Waals surface area (Å²) in [5.74, 6) is 1.86. The number of hydrogen-bond donors (Lipinski definition) is 1. The van der Waals surface area contributed by atoms with Crippen LogP contribution in [0.15, 0.2) is 0 Å². The van der Waals surface area contributed by atoms with Gasteiger partial charge in [-0.25, -0.2) is 0 Å². The molecule has 0 aromatic rings. The smallest absolute Gasteiger partial charge is 0.0174 e. The van der Waals surface area contributed by atoms with Crippen LogP contribution < -0.4 is 5.32 Å². The Morgan fingerprint density at radius 3 is 2.00 bits per heavy atom. The Hall–Kier alpha value is -0.0800. The van der Waals surface area contributed by atoms with Crippen molar-refractivity contribution in [3.8, 4) is 0 Å². The third kappa shape index (κ3) is 3.23. The van der Waals surface area contributed by atoms with Gasteiger partial charge >= 0.3 is 0 Å². The number of nitrogens with zero attached hydrogens (tertiary/aromatic N) is 1. The van der Waals surface area contributed by atoms with Crippen molar-refractivity contribution in [2.45, 2.75) is 64.5 Å². The van der Waals surface area contributed by atoms with Crippen LogP contribution >= 0.6 is 0 Å². The largest absolute Gasteiger partial charge is 0.314 e. The summed E-state index contributed by atoms with van der Waals surface area (Å²) >= 11 is 0. The fourth-order valence-electron chi connectivity index (χ4n) is 3.84. The summed E-state index contributed by atoms with van der Waals surface area (Å²) in [6.07, 6.45) is 6.92. The molecule has 0 spiro atoms. The zero-order valence-corrected chi connectivity index (χ0v) is 12.1. The van der Waals surface area contributed by atoms with Crippen LogP contribution in [-0.4, -0.2) is 36.6 Å². The second-order valence-electron chi connectivity index (χ2n) is 6.92. The van der Waals surface area contributed by atoms with Gasteiger partial charge in [-0.3, -0.25) is 0 Å². The number of nitrogens with one attached hydrogen (secondary N) is 1. The molecule has 0 bridgehead atoms. The van der Waals surface area contributed by atoms with E-state index in [4.69, 9.17) is 0 Å². The Kier molecular flexibility index (Phi) is 4.14. The first kappa shape index (κ1) is 13.4. The molecule has 0 aromatic heterocycles. The first-order valence-electron chi connectivity index (χ1n) is 7.45. The summed E-state index contributed by atoms with van der Waals surface area (Å²) in [5, 5.41) is 3.49. The van der Waals surface area contributed by atoms with Gasteiger partial charge in [-0.05, 0) is 57.9 Å². The average molecular weight is 238 g/mol. The monoisotopic (exact) mass is 238 g/mol. The van der Waals surface area contributed by atoms with E-state index in [-0.39, 0.29) is 0 Å². The van der Waals surface area contributed by atoms with Gasteiger partial charge in [-0.2, -0.15) is 0 Å². The maximum absolute atomic E-state index is 3.49. The first-order valence-corrected chi connectivity index (χ1v) is 7.45. The van der Waals surface area contributed by atoms with Gasteiger partial charge in [-0.15, -0.1) is 0 Å². The number of piperidine rings is 1. The van der Waals surface area contributed by atoms with E-state index < -0.39 is 0 Å². The Balaban J connectivity index is 1.88. The van der Waals surface area contributed by atoms with Crippen molar-refractivity contribution in [2.75, 3.05) is 20.1 Å². The molecule has 0 radical (unpaired) electrons. The summed E-state index contributed by atoms with van der Waals surface area (Å²) in [5.41, 5.74) is 0.391. The molecule has 2 unspecified atom stereocenters. The lowest BCUT2D eigenvalue weighted by Gasteiger charge is -2.45. The summed E-state index contributed by atoms with van der Waals surface area (Å²) in [6.45, 7) is 9.83. The average Bonchev–Trinajstić information content (AvgIpc) is 2.29. The molecule has 2 rings (SSSR count). The minimum Gasteiger partial charge on any atom is -0.314 e. The minimum absolute atomic E-state index is 0.391. The fourth-order valence-corrected chi connectivity index (χ4v) is 3.84. The van der Waals surface area contributed by atoms with Crippen LogP contribution in [0.1, 0.15) is 52.9 Å². The third-order valence-corrected chi connectivity index (χ3v) is 5.18. The standard InChI is InChI=1S/C15H30N2/c1-12-9-13(2)11-14(10-12)17-7-5-15(3,16-4)6-8-17/h12-14,16H,5-11H2,1-4H3. The number of hydrogen-bond acceptors (Lipinski definition) is 2. The quantitative estimate of drug-likeness (QED) is 0.796. The maximum atomic E-state index is 3.49. The molecule has 2 nitrogen and oxygen atoms in total. The predicted molar refractivity (Wildman–Crippen MR) is 74.2 cm³/mol. The lowest BCUT2D eigenvalue weighted by molar-refractivity contribution is 0.0640. The van der Waals surface area contributed by atoms with Crippen LogP contribution in [0.25, 0.3) is 0 Å². The van der Waals surface area contributed by atoms with E-state index in [2.05, 4.69) is 38.0 Å².